The first-order valence-electron chi connectivity index (χ1n) is 5.41. The molecule has 10 heteroatoms. The summed E-state index contributed by atoms with van der Waals surface area (Å²) < 4.78 is 40.0. The fourth-order valence-corrected chi connectivity index (χ4v) is 2.23. The highest BCUT2D eigenvalue weighted by Gasteiger charge is 2.31. The van der Waals surface area contributed by atoms with Crippen molar-refractivity contribution in [2.24, 2.45) is 12.9 Å². The van der Waals surface area contributed by atoms with Crippen LogP contribution in [0.4, 0.5) is 19.0 Å². The number of aryl methyl sites for hydroxylation is 1. The van der Waals surface area contributed by atoms with Gasteiger partial charge in [-0.25, -0.2) is 10.8 Å². The number of nitrogens with zero attached hydrogens (tertiary/aromatic N) is 4. The molecule has 20 heavy (non-hydrogen) atoms. The summed E-state index contributed by atoms with van der Waals surface area (Å²) in [6, 6.07) is 1.78. The minimum Gasteiger partial charge on any atom is -0.309 e. The Balaban J connectivity index is 2.39. The summed E-state index contributed by atoms with van der Waals surface area (Å²) in [4.78, 5) is 3.96. The van der Waals surface area contributed by atoms with E-state index in [4.69, 9.17) is 5.84 Å². The van der Waals surface area contributed by atoms with Crippen molar-refractivity contribution < 1.29 is 13.2 Å². The van der Waals surface area contributed by atoms with Gasteiger partial charge in [-0.05, 0) is 30.8 Å². The molecule has 2 rings (SSSR count). The van der Waals surface area contributed by atoms with Crippen LogP contribution >= 0.6 is 11.8 Å². The largest absolute Gasteiger partial charge is 0.416 e. The van der Waals surface area contributed by atoms with Crippen molar-refractivity contribution >= 4 is 17.6 Å². The van der Waals surface area contributed by atoms with Crippen molar-refractivity contribution in [1.82, 2.24) is 19.7 Å². The van der Waals surface area contributed by atoms with Gasteiger partial charge in [-0.2, -0.15) is 13.2 Å². The second-order valence-electron chi connectivity index (χ2n) is 3.91. The van der Waals surface area contributed by atoms with E-state index in [0.717, 1.165) is 23.9 Å². The van der Waals surface area contributed by atoms with Crippen LogP contribution < -0.4 is 11.3 Å². The van der Waals surface area contributed by atoms with Gasteiger partial charge in [0.15, 0.2) is 5.16 Å². The highest BCUT2D eigenvalue weighted by atomic mass is 32.2. The van der Waals surface area contributed by atoms with E-state index >= 15 is 0 Å². The van der Waals surface area contributed by atoms with Crippen LogP contribution in [0.5, 0.6) is 0 Å². The number of nitrogens with two attached hydrogens (primary N) is 1. The molecule has 0 fully saturated rings. The number of alkyl halides is 3. The summed E-state index contributed by atoms with van der Waals surface area (Å²) in [6.45, 7) is 1.74. The van der Waals surface area contributed by atoms with Gasteiger partial charge in [-0.3, -0.25) is 0 Å². The zero-order valence-electron chi connectivity index (χ0n) is 10.6. The lowest BCUT2D eigenvalue weighted by molar-refractivity contribution is -0.137. The van der Waals surface area contributed by atoms with E-state index in [1.165, 1.54) is 0 Å². The van der Waals surface area contributed by atoms with Crippen molar-refractivity contribution in [2.45, 2.75) is 23.3 Å². The molecule has 0 bridgehead atoms. The molecule has 0 aliphatic heterocycles. The Morgan fingerprint density at radius 2 is 2.00 bits per heavy atom. The predicted octanol–water partition coefficient (Wildman–Crippen LogP) is 1.97. The number of pyridine rings is 1. The van der Waals surface area contributed by atoms with Gasteiger partial charge < -0.3 is 9.99 Å². The van der Waals surface area contributed by atoms with E-state index in [0.29, 0.717) is 11.0 Å². The maximum Gasteiger partial charge on any atom is 0.416 e. The smallest absolute Gasteiger partial charge is 0.309 e. The molecule has 108 valence electrons. The van der Waals surface area contributed by atoms with Gasteiger partial charge in [-0.15, -0.1) is 10.2 Å². The number of halogens is 3. The van der Waals surface area contributed by atoms with Crippen LogP contribution in [0.1, 0.15) is 11.4 Å². The zero-order valence-corrected chi connectivity index (χ0v) is 11.4. The molecule has 0 aliphatic carbocycles. The van der Waals surface area contributed by atoms with Gasteiger partial charge in [0.05, 0.1) is 5.56 Å². The van der Waals surface area contributed by atoms with Gasteiger partial charge >= 0.3 is 6.18 Å². The second kappa shape index (κ2) is 5.29. The van der Waals surface area contributed by atoms with Crippen LogP contribution in [0.15, 0.2) is 22.3 Å². The lowest BCUT2D eigenvalue weighted by Crippen LogP contribution is -2.12. The summed E-state index contributed by atoms with van der Waals surface area (Å²) in [5.74, 6) is 5.72. The third kappa shape index (κ3) is 3.02. The molecule has 0 atom stereocenters. The van der Waals surface area contributed by atoms with Gasteiger partial charge in [-0.1, -0.05) is 0 Å². The molecular weight excluding hydrogens is 293 g/mol. The maximum absolute atomic E-state index is 12.8. The first kappa shape index (κ1) is 14.6. The standard InChI is InChI=1S/C10H11F3N6S/c1-5-17-18-9(19(5)2)20-8-4-6(10(11,12)13)3-7(15-8)16-14/h3-4H,14H2,1-2H3,(H,15,16). The molecule has 3 N–H and O–H groups in total. The van der Waals surface area contributed by atoms with E-state index in [1.807, 2.05) is 0 Å². The molecule has 0 radical (unpaired) electrons. The topological polar surface area (TPSA) is 81.7 Å². The monoisotopic (exact) mass is 304 g/mol. The lowest BCUT2D eigenvalue weighted by atomic mass is 10.2. The molecule has 6 nitrogen and oxygen atoms in total. The Kier molecular flexibility index (Phi) is 3.86. The average Bonchev–Trinajstić information content (AvgIpc) is 2.69. The summed E-state index contributed by atoms with van der Waals surface area (Å²) in [5, 5.41) is 8.26. The lowest BCUT2D eigenvalue weighted by Gasteiger charge is -2.10. The summed E-state index contributed by atoms with van der Waals surface area (Å²) in [5.41, 5.74) is 1.29. The Labute approximate surface area is 116 Å². The number of rotatable bonds is 3. The van der Waals surface area contributed by atoms with E-state index < -0.39 is 11.7 Å². The molecule has 0 saturated carbocycles. The van der Waals surface area contributed by atoms with Crippen LogP contribution in [0.3, 0.4) is 0 Å². The molecule has 2 heterocycles. The Hall–Kier alpha value is -1.81. The van der Waals surface area contributed by atoms with Crippen LogP contribution in [0.25, 0.3) is 0 Å². The number of hydrogen-bond acceptors (Lipinski definition) is 6. The molecule has 0 spiro atoms. The molecule has 0 aliphatic rings. The van der Waals surface area contributed by atoms with Crippen LogP contribution in [0, 0.1) is 6.92 Å². The number of hydrogen-bond donors (Lipinski definition) is 2. The van der Waals surface area contributed by atoms with Gasteiger partial charge in [0.25, 0.3) is 0 Å². The summed E-state index contributed by atoms with van der Waals surface area (Å²) >= 11 is 0.978. The summed E-state index contributed by atoms with van der Waals surface area (Å²) in [6.07, 6.45) is -4.47. The molecule has 0 saturated heterocycles. The SMILES string of the molecule is Cc1nnc(Sc2cc(C(F)(F)F)cc(NN)n2)n1C. The predicted molar refractivity (Wildman–Crippen MR) is 66.9 cm³/mol. The highest BCUT2D eigenvalue weighted by molar-refractivity contribution is 7.99. The molecule has 2 aromatic heterocycles. The fraction of sp³-hybridized carbons (Fsp3) is 0.300. The van der Waals surface area contributed by atoms with Crippen LogP contribution in [-0.4, -0.2) is 19.7 Å². The Morgan fingerprint density at radius 1 is 1.30 bits per heavy atom. The normalized spacial score (nSPS) is 11.7. The first-order chi connectivity index (χ1) is 9.31. The van der Waals surface area contributed by atoms with Crippen molar-refractivity contribution in [3.8, 4) is 0 Å². The zero-order chi connectivity index (χ0) is 14.9. The summed E-state index contributed by atoms with van der Waals surface area (Å²) in [7, 11) is 1.72. The number of nitrogen functional groups attached to an aromatic ring is 1. The quantitative estimate of drug-likeness (QED) is 0.666. The molecule has 0 aromatic carbocycles. The fourth-order valence-electron chi connectivity index (χ4n) is 1.37. The van der Waals surface area contributed by atoms with Crippen molar-refractivity contribution in [2.75, 3.05) is 5.43 Å². The van der Waals surface area contributed by atoms with E-state index in [-0.39, 0.29) is 10.8 Å². The minimum atomic E-state index is -4.47. The van der Waals surface area contributed by atoms with Crippen LogP contribution in [0.2, 0.25) is 0 Å². The molecule has 2 aromatic rings. The first-order valence-corrected chi connectivity index (χ1v) is 6.22. The number of hydrazine groups is 1. The van der Waals surface area contributed by atoms with Crippen molar-refractivity contribution in [3.63, 3.8) is 0 Å². The van der Waals surface area contributed by atoms with E-state index in [9.17, 15) is 13.2 Å². The van der Waals surface area contributed by atoms with Gasteiger partial charge in [0, 0.05) is 7.05 Å². The molecular formula is C10H11F3N6S. The van der Waals surface area contributed by atoms with Crippen LogP contribution in [-0.2, 0) is 13.2 Å². The highest BCUT2D eigenvalue weighted by Crippen LogP contribution is 2.34. The van der Waals surface area contributed by atoms with Gasteiger partial charge in [0.2, 0.25) is 0 Å². The number of anilines is 1. The Bertz CT molecular complexity index is 624. The maximum atomic E-state index is 12.8. The average molecular weight is 304 g/mol. The van der Waals surface area contributed by atoms with Gasteiger partial charge in [0.1, 0.15) is 16.7 Å². The Morgan fingerprint density at radius 3 is 2.50 bits per heavy atom. The van der Waals surface area contributed by atoms with Crippen molar-refractivity contribution in [1.29, 1.82) is 0 Å². The third-order valence-electron chi connectivity index (χ3n) is 2.53. The number of nitrogens with one attached hydrogen (secondary N) is 1. The van der Waals surface area contributed by atoms with E-state index in [2.05, 4.69) is 20.6 Å². The molecule has 0 amide bonds. The molecule has 0 unspecified atom stereocenters. The minimum absolute atomic E-state index is 0.0683. The second-order valence-corrected chi connectivity index (χ2v) is 4.90. The third-order valence-corrected chi connectivity index (χ3v) is 3.48. The van der Waals surface area contributed by atoms with E-state index in [1.54, 1.807) is 18.5 Å². The van der Waals surface area contributed by atoms with Crippen molar-refractivity contribution in [3.05, 3.63) is 23.5 Å². The number of aromatic nitrogens is 4.